The van der Waals surface area contributed by atoms with Gasteiger partial charge in [-0.3, -0.25) is 19.1 Å². The first-order valence-electron chi connectivity index (χ1n) is 14.2. The number of halogens is 1. The molecule has 1 amide bonds. The molecule has 3 aromatic heterocycles. The third kappa shape index (κ3) is 5.42. The van der Waals surface area contributed by atoms with Crippen LogP contribution in [0.3, 0.4) is 0 Å². The number of fused-ring (bicyclic) bond motifs is 1. The van der Waals surface area contributed by atoms with Crippen molar-refractivity contribution in [1.29, 1.82) is 5.26 Å². The molecular weight excluding hydrogens is 539 g/mol. The zero-order valence-corrected chi connectivity index (χ0v) is 24.2. The predicted molar refractivity (Wildman–Crippen MR) is 157 cm³/mol. The number of aryl methyl sites for hydroxylation is 1. The highest BCUT2D eigenvalue weighted by molar-refractivity contribution is 7.16. The van der Waals surface area contributed by atoms with Gasteiger partial charge in [0.05, 0.1) is 24.1 Å². The molecule has 0 bridgehead atoms. The molecule has 0 aliphatic carbocycles. The predicted octanol–water partition coefficient (Wildman–Crippen LogP) is 5.00. The van der Waals surface area contributed by atoms with E-state index in [4.69, 9.17) is 15.0 Å². The van der Waals surface area contributed by atoms with E-state index in [1.165, 1.54) is 23.5 Å². The molecule has 2 fully saturated rings. The fourth-order valence-corrected chi connectivity index (χ4v) is 6.72. The van der Waals surface area contributed by atoms with Crippen LogP contribution in [0.15, 0.2) is 36.7 Å². The molecule has 9 nitrogen and oxygen atoms in total. The third-order valence-electron chi connectivity index (χ3n) is 8.17. The number of hydrogen-bond donors (Lipinski definition) is 0. The van der Waals surface area contributed by atoms with Crippen molar-refractivity contribution in [2.24, 2.45) is 0 Å². The number of anilines is 2. The number of carbonyl (C=O) groups is 1. The van der Waals surface area contributed by atoms with Crippen molar-refractivity contribution in [2.45, 2.75) is 44.9 Å². The molecular formula is C30H33FN8OS. The third-order valence-corrected chi connectivity index (χ3v) is 9.21. The van der Waals surface area contributed by atoms with Gasteiger partial charge in [-0.1, -0.05) is 18.3 Å². The van der Waals surface area contributed by atoms with Gasteiger partial charge in [0.1, 0.15) is 28.3 Å². The molecule has 0 unspecified atom stereocenters. The van der Waals surface area contributed by atoms with Crippen molar-refractivity contribution in [3.63, 3.8) is 0 Å². The number of thiazole rings is 1. The van der Waals surface area contributed by atoms with Gasteiger partial charge in [0.2, 0.25) is 5.91 Å². The Morgan fingerprint density at radius 2 is 1.88 bits per heavy atom. The van der Waals surface area contributed by atoms with Crippen LogP contribution in [0, 0.1) is 17.1 Å². The van der Waals surface area contributed by atoms with Crippen molar-refractivity contribution >= 4 is 33.8 Å². The molecule has 212 valence electrons. The summed E-state index contributed by atoms with van der Waals surface area (Å²) < 4.78 is 15.6. The molecule has 6 rings (SSSR count). The molecule has 0 saturated carbocycles. The first kappa shape index (κ1) is 27.3. The molecule has 4 aromatic rings. The Morgan fingerprint density at radius 3 is 2.56 bits per heavy atom. The lowest BCUT2D eigenvalue weighted by Gasteiger charge is -2.32. The lowest BCUT2D eigenvalue weighted by molar-refractivity contribution is -0.131. The summed E-state index contributed by atoms with van der Waals surface area (Å²) in [4.78, 5) is 33.8. The number of hydrogen-bond acceptors (Lipinski definition) is 8. The van der Waals surface area contributed by atoms with E-state index in [2.05, 4.69) is 28.5 Å². The quantitative estimate of drug-likeness (QED) is 0.308. The van der Waals surface area contributed by atoms with Gasteiger partial charge in [-0.15, -0.1) is 0 Å². The van der Waals surface area contributed by atoms with Crippen molar-refractivity contribution in [3.05, 3.63) is 58.7 Å². The van der Waals surface area contributed by atoms with Gasteiger partial charge in [-0.25, -0.2) is 14.4 Å². The second-order valence-corrected chi connectivity index (χ2v) is 11.7. The maximum absolute atomic E-state index is 13.5. The maximum atomic E-state index is 13.5. The number of likely N-dealkylation sites (tertiary alicyclic amines) is 2. The Hall–Kier alpha value is -3.88. The van der Waals surface area contributed by atoms with Gasteiger partial charge >= 0.3 is 0 Å². The Labute approximate surface area is 242 Å². The van der Waals surface area contributed by atoms with Crippen LogP contribution in [0.4, 0.5) is 15.3 Å². The summed E-state index contributed by atoms with van der Waals surface area (Å²) in [7, 11) is 1.94. The molecule has 41 heavy (non-hydrogen) atoms. The molecule has 0 spiro atoms. The summed E-state index contributed by atoms with van der Waals surface area (Å²) in [5.41, 5.74) is 3.94. The molecule has 5 heterocycles. The summed E-state index contributed by atoms with van der Waals surface area (Å²) in [5, 5.41) is 10.5. The number of imidazole rings is 1. The molecule has 11 heteroatoms. The number of rotatable bonds is 7. The van der Waals surface area contributed by atoms with E-state index >= 15 is 0 Å². The molecule has 0 radical (unpaired) electrons. The Morgan fingerprint density at radius 1 is 1.15 bits per heavy atom. The van der Waals surface area contributed by atoms with Gasteiger partial charge in [-0.05, 0) is 69.5 Å². The number of nitrogens with zero attached hydrogens (tertiary/aromatic N) is 8. The molecule has 2 saturated heterocycles. The van der Waals surface area contributed by atoms with E-state index in [1.807, 2.05) is 23.0 Å². The van der Waals surface area contributed by atoms with Crippen molar-refractivity contribution < 1.29 is 9.18 Å². The second-order valence-electron chi connectivity index (χ2n) is 10.8. The number of amides is 1. The minimum atomic E-state index is -0.330. The highest BCUT2D eigenvalue weighted by atomic mass is 32.1. The number of aromatic nitrogens is 4. The van der Waals surface area contributed by atoms with Gasteiger partial charge in [0.15, 0.2) is 10.8 Å². The number of benzene rings is 1. The zero-order chi connectivity index (χ0) is 28.5. The van der Waals surface area contributed by atoms with Crippen LogP contribution in [0.25, 0.3) is 16.9 Å². The molecule has 1 aromatic carbocycles. The molecule has 0 atom stereocenters. The topological polar surface area (TPSA) is 93.7 Å². The van der Waals surface area contributed by atoms with Crippen LogP contribution in [-0.2, 0) is 11.2 Å². The Bertz CT molecular complexity index is 1590. The fraction of sp³-hybridized carbons (Fsp3) is 0.433. The zero-order valence-electron chi connectivity index (χ0n) is 23.4. The van der Waals surface area contributed by atoms with Gasteiger partial charge < -0.3 is 9.80 Å². The number of nitriles is 1. The van der Waals surface area contributed by atoms with Crippen LogP contribution in [-0.4, -0.2) is 74.8 Å². The minimum Gasteiger partial charge on any atom is -0.342 e. The summed E-state index contributed by atoms with van der Waals surface area (Å²) in [6, 6.07) is 8.30. The van der Waals surface area contributed by atoms with Crippen molar-refractivity contribution in [1.82, 2.24) is 29.2 Å². The highest BCUT2D eigenvalue weighted by Crippen LogP contribution is 2.37. The Kier molecular flexibility index (Phi) is 7.69. The maximum Gasteiger partial charge on any atom is 0.236 e. The SMILES string of the molecule is CCc1nc2cnc(C3CCN(CC(=O)N4CCCC4)CC3)cn2c1N(C)c1nc(-c2ccc(F)cc2)c(C#N)s1. The van der Waals surface area contributed by atoms with Crippen LogP contribution in [0.2, 0.25) is 0 Å². The van der Waals surface area contributed by atoms with E-state index in [-0.39, 0.29) is 11.7 Å². The first-order chi connectivity index (χ1) is 19.9. The van der Waals surface area contributed by atoms with Crippen LogP contribution in [0.1, 0.15) is 54.8 Å². The lowest BCUT2D eigenvalue weighted by Crippen LogP contribution is -2.42. The number of piperidine rings is 1. The largest absolute Gasteiger partial charge is 0.342 e. The standard InChI is InChI=1S/C30H33FN8OS/c1-3-23-29(36(2)30-35-28(25(16-32)41-30)21-6-8-22(31)9-7-21)39-18-24(33-17-26(39)34-23)20-10-14-37(15-11-20)19-27(40)38-12-4-5-13-38/h6-9,17-18,20H,3-5,10-15,19H2,1-2H3. The minimum absolute atomic E-state index is 0.253. The van der Waals surface area contributed by atoms with Crippen molar-refractivity contribution in [3.8, 4) is 17.3 Å². The summed E-state index contributed by atoms with van der Waals surface area (Å²) in [5.74, 6) is 1.12. The summed E-state index contributed by atoms with van der Waals surface area (Å²) in [6.45, 7) is 6.12. The summed E-state index contributed by atoms with van der Waals surface area (Å²) >= 11 is 1.31. The van der Waals surface area contributed by atoms with E-state index < -0.39 is 0 Å². The average molecular weight is 573 g/mol. The normalized spacial score (nSPS) is 16.4. The highest BCUT2D eigenvalue weighted by Gasteiger charge is 2.27. The van der Waals surface area contributed by atoms with E-state index in [1.54, 1.807) is 12.1 Å². The van der Waals surface area contributed by atoms with Crippen LogP contribution < -0.4 is 4.90 Å². The van der Waals surface area contributed by atoms with Gasteiger partial charge in [-0.2, -0.15) is 5.26 Å². The van der Waals surface area contributed by atoms with Crippen molar-refractivity contribution in [2.75, 3.05) is 44.7 Å². The fourth-order valence-electron chi connectivity index (χ4n) is 5.88. The number of carbonyl (C=O) groups excluding carboxylic acids is 1. The monoisotopic (exact) mass is 572 g/mol. The molecule has 2 aliphatic rings. The van der Waals surface area contributed by atoms with Crippen LogP contribution >= 0.6 is 11.3 Å². The van der Waals surface area contributed by atoms with Gasteiger partial charge in [0.25, 0.3) is 0 Å². The first-order valence-corrected chi connectivity index (χ1v) is 15.0. The summed E-state index contributed by atoms with van der Waals surface area (Å²) in [6.07, 6.45) is 8.78. The molecule has 0 N–H and O–H groups in total. The average Bonchev–Trinajstić information content (AvgIpc) is 3.76. The van der Waals surface area contributed by atoms with Crippen LogP contribution in [0.5, 0.6) is 0 Å². The second kappa shape index (κ2) is 11.5. The Balaban J connectivity index is 1.24. The van der Waals surface area contributed by atoms with E-state index in [0.717, 1.165) is 81.1 Å². The molecule has 2 aliphatic heterocycles. The smallest absolute Gasteiger partial charge is 0.236 e. The van der Waals surface area contributed by atoms with E-state index in [0.29, 0.717) is 33.7 Å². The van der Waals surface area contributed by atoms with Gasteiger partial charge in [0, 0.05) is 37.8 Å². The lowest BCUT2D eigenvalue weighted by atomic mass is 9.94. The van der Waals surface area contributed by atoms with E-state index in [9.17, 15) is 14.4 Å².